The highest BCUT2D eigenvalue weighted by molar-refractivity contribution is 9.10. The summed E-state index contributed by atoms with van der Waals surface area (Å²) in [7, 11) is 0. The Morgan fingerprint density at radius 1 is 1.54 bits per heavy atom. The molecular formula is C9H6BrFO2. The van der Waals surface area contributed by atoms with Gasteiger partial charge < -0.3 is 0 Å². The summed E-state index contributed by atoms with van der Waals surface area (Å²) in [6.07, 6.45) is 0.381. The van der Waals surface area contributed by atoms with Crippen molar-refractivity contribution in [1.29, 1.82) is 0 Å². The van der Waals surface area contributed by atoms with Gasteiger partial charge in [-0.3, -0.25) is 9.59 Å². The van der Waals surface area contributed by atoms with Crippen molar-refractivity contribution in [3.63, 3.8) is 0 Å². The average molecular weight is 245 g/mol. The van der Waals surface area contributed by atoms with Gasteiger partial charge in [-0.15, -0.1) is 0 Å². The highest BCUT2D eigenvalue weighted by Gasteiger charge is 2.12. The number of Topliss-reactive ketones (excluding diaryl/α,β-unsaturated/α-hetero) is 1. The van der Waals surface area contributed by atoms with Crippen LogP contribution in [0.5, 0.6) is 0 Å². The number of benzene rings is 1. The Hall–Kier alpha value is -1.03. The summed E-state index contributed by atoms with van der Waals surface area (Å²) in [6.45, 7) is 1.25. The van der Waals surface area contributed by atoms with E-state index < -0.39 is 11.6 Å². The minimum atomic E-state index is -0.759. The summed E-state index contributed by atoms with van der Waals surface area (Å²) >= 11 is 3.08. The van der Waals surface area contributed by atoms with Crippen molar-refractivity contribution in [3.05, 3.63) is 33.5 Å². The molecule has 0 saturated carbocycles. The van der Waals surface area contributed by atoms with Crippen LogP contribution < -0.4 is 0 Å². The van der Waals surface area contributed by atoms with Crippen LogP contribution in [-0.4, -0.2) is 12.1 Å². The van der Waals surface area contributed by atoms with Gasteiger partial charge >= 0.3 is 0 Å². The van der Waals surface area contributed by atoms with Crippen LogP contribution in [0.25, 0.3) is 0 Å². The smallest absolute Gasteiger partial charge is 0.162 e. The fraction of sp³-hybridized carbons (Fsp3) is 0.111. The number of halogens is 2. The van der Waals surface area contributed by atoms with Crippen molar-refractivity contribution < 1.29 is 14.0 Å². The zero-order valence-corrected chi connectivity index (χ0v) is 8.39. The minimum Gasteiger partial charge on any atom is -0.298 e. The Morgan fingerprint density at radius 3 is 2.62 bits per heavy atom. The van der Waals surface area contributed by atoms with Crippen molar-refractivity contribution in [2.24, 2.45) is 0 Å². The van der Waals surface area contributed by atoms with Gasteiger partial charge in [0.2, 0.25) is 0 Å². The highest BCUT2D eigenvalue weighted by atomic mass is 79.9. The SMILES string of the molecule is CC(=O)c1cc(Br)cc(C=O)c1F. The predicted octanol–water partition coefficient (Wildman–Crippen LogP) is 2.60. The normalized spacial score (nSPS) is 9.77. The molecule has 1 aromatic carbocycles. The fourth-order valence-corrected chi connectivity index (χ4v) is 1.43. The maximum absolute atomic E-state index is 13.2. The quantitative estimate of drug-likeness (QED) is 0.592. The van der Waals surface area contributed by atoms with Crippen LogP contribution in [0.15, 0.2) is 16.6 Å². The first-order valence-corrected chi connectivity index (χ1v) is 4.30. The molecule has 13 heavy (non-hydrogen) atoms. The number of ketones is 1. The lowest BCUT2D eigenvalue weighted by Gasteiger charge is -2.01. The number of aldehydes is 1. The molecule has 0 aliphatic heterocycles. The van der Waals surface area contributed by atoms with Crippen LogP contribution in [-0.2, 0) is 0 Å². The molecule has 0 bridgehead atoms. The van der Waals surface area contributed by atoms with E-state index in [0.717, 1.165) is 0 Å². The molecule has 0 radical (unpaired) electrons. The zero-order chi connectivity index (χ0) is 10.0. The lowest BCUT2D eigenvalue weighted by Crippen LogP contribution is -2.01. The van der Waals surface area contributed by atoms with Crippen LogP contribution in [0.3, 0.4) is 0 Å². The van der Waals surface area contributed by atoms with Gasteiger partial charge in [0.15, 0.2) is 12.1 Å². The van der Waals surface area contributed by atoms with Gasteiger partial charge in [0, 0.05) is 4.47 Å². The Morgan fingerprint density at radius 2 is 2.15 bits per heavy atom. The van der Waals surface area contributed by atoms with Gasteiger partial charge in [0.25, 0.3) is 0 Å². The monoisotopic (exact) mass is 244 g/mol. The average Bonchev–Trinajstić information content (AvgIpc) is 2.08. The molecule has 4 heteroatoms. The van der Waals surface area contributed by atoms with Crippen molar-refractivity contribution in [2.75, 3.05) is 0 Å². The van der Waals surface area contributed by atoms with Gasteiger partial charge in [-0.1, -0.05) is 15.9 Å². The molecule has 0 aromatic heterocycles. The second-order valence-electron chi connectivity index (χ2n) is 2.53. The molecule has 2 nitrogen and oxygen atoms in total. The predicted molar refractivity (Wildman–Crippen MR) is 49.5 cm³/mol. The third-order valence-corrected chi connectivity index (χ3v) is 2.03. The van der Waals surface area contributed by atoms with Crippen LogP contribution in [0, 0.1) is 5.82 Å². The number of hydrogen-bond donors (Lipinski definition) is 0. The summed E-state index contributed by atoms with van der Waals surface area (Å²) in [5, 5.41) is 0. The van der Waals surface area contributed by atoms with E-state index in [1.165, 1.54) is 19.1 Å². The molecule has 0 N–H and O–H groups in total. The van der Waals surface area contributed by atoms with Gasteiger partial charge in [-0.05, 0) is 19.1 Å². The third kappa shape index (κ3) is 2.01. The molecule has 0 saturated heterocycles. The lowest BCUT2D eigenvalue weighted by atomic mass is 10.1. The molecule has 68 valence electrons. The van der Waals surface area contributed by atoms with Gasteiger partial charge in [0.1, 0.15) is 5.82 Å². The van der Waals surface area contributed by atoms with E-state index in [1.807, 2.05) is 0 Å². The zero-order valence-electron chi connectivity index (χ0n) is 6.80. The number of rotatable bonds is 2. The van der Waals surface area contributed by atoms with Crippen molar-refractivity contribution in [1.82, 2.24) is 0 Å². The molecule has 0 fully saturated rings. The molecular weight excluding hydrogens is 239 g/mol. The molecule has 0 spiro atoms. The van der Waals surface area contributed by atoms with E-state index in [4.69, 9.17) is 0 Å². The number of carbonyl (C=O) groups excluding carboxylic acids is 2. The van der Waals surface area contributed by atoms with E-state index in [2.05, 4.69) is 15.9 Å². The van der Waals surface area contributed by atoms with Crippen LogP contribution in [0.1, 0.15) is 27.6 Å². The Labute approximate surface area is 82.9 Å². The van der Waals surface area contributed by atoms with E-state index in [1.54, 1.807) is 0 Å². The maximum atomic E-state index is 13.2. The molecule has 0 aliphatic carbocycles. The van der Waals surface area contributed by atoms with Gasteiger partial charge in [0.05, 0.1) is 11.1 Å². The van der Waals surface area contributed by atoms with Crippen molar-refractivity contribution in [2.45, 2.75) is 6.92 Å². The second-order valence-corrected chi connectivity index (χ2v) is 3.45. The van der Waals surface area contributed by atoms with Crippen LogP contribution in [0.2, 0.25) is 0 Å². The molecule has 0 heterocycles. The van der Waals surface area contributed by atoms with E-state index in [0.29, 0.717) is 10.8 Å². The summed E-state index contributed by atoms with van der Waals surface area (Å²) < 4.78 is 13.7. The Balaban J connectivity index is 3.44. The standard InChI is InChI=1S/C9H6BrFO2/c1-5(13)8-3-7(10)2-6(4-12)9(8)11/h2-4H,1H3. The van der Waals surface area contributed by atoms with Crippen LogP contribution in [0.4, 0.5) is 4.39 Å². The maximum Gasteiger partial charge on any atom is 0.162 e. The molecule has 0 atom stereocenters. The van der Waals surface area contributed by atoms with E-state index in [-0.39, 0.29) is 11.1 Å². The summed E-state index contributed by atoms with van der Waals surface area (Å²) in [6, 6.07) is 2.68. The Kier molecular flexibility index (Phi) is 2.93. The van der Waals surface area contributed by atoms with Gasteiger partial charge in [-0.2, -0.15) is 0 Å². The highest BCUT2D eigenvalue weighted by Crippen LogP contribution is 2.19. The summed E-state index contributed by atoms with van der Waals surface area (Å²) in [5.74, 6) is -1.16. The number of hydrogen-bond acceptors (Lipinski definition) is 2. The van der Waals surface area contributed by atoms with E-state index in [9.17, 15) is 14.0 Å². The van der Waals surface area contributed by atoms with Crippen LogP contribution >= 0.6 is 15.9 Å². The van der Waals surface area contributed by atoms with Crippen molar-refractivity contribution >= 4 is 28.0 Å². The Bertz CT molecular complexity index is 374. The first-order valence-electron chi connectivity index (χ1n) is 3.51. The van der Waals surface area contributed by atoms with Crippen molar-refractivity contribution in [3.8, 4) is 0 Å². The number of carbonyl (C=O) groups is 2. The largest absolute Gasteiger partial charge is 0.298 e. The molecule has 0 aliphatic rings. The molecule has 1 rings (SSSR count). The topological polar surface area (TPSA) is 34.1 Å². The lowest BCUT2D eigenvalue weighted by molar-refractivity contribution is 0.101. The first-order chi connectivity index (χ1) is 6.06. The van der Waals surface area contributed by atoms with E-state index >= 15 is 0 Å². The summed E-state index contributed by atoms with van der Waals surface area (Å²) in [4.78, 5) is 21.3. The van der Waals surface area contributed by atoms with Gasteiger partial charge in [-0.25, -0.2) is 4.39 Å². The molecule has 0 amide bonds. The molecule has 1 aromatic rings. The third-order valence-electron chi connectivity index (χ3n) is 1.57. The summed E-state index contributed by atoms with van der Waals surface area (Å²) in [5.41, 5.74) is -0.184. The second kappa shape index (κ2) is 3.79. The first kappa shape index (κ1) is 10.1. The minimum absolute atomic E-state index is 0.0727. The molecule has 0 unspecified atom stereocenters. The fourth-order valence-electron chi connectivity index (χ4n) is 0.952.